The molecule has 0 radical (unpaired) electrons. The van der Waals surface area contributed by atoms with Crippen LogP contribution in [0.4, 0.5) is 18.9 Å². The number of nitrogens with one attached hydrogen (secondary N) is 1. The third kappa shape index (κ3) is 3.14. The molecule has 18 heavy (non-hydrogen) atoms. The summed E-state index contributed by atoms with van der Waals surface area (Å²) in [6.45, 7) is 3.12. The van der Waals surface area contributed by atoms with E-state index >= 15 is 0 Å². The second-order valence-electron chi connectivity index (χ2n) is 4.45. The molecule has 1 heterocycles. The molecule has 0 aromatic heterocycles. The maximum Gasteiger partial charge on any atom is 0.418 e. The number of nitrogens with zero attached hydrogens (tertiary/aromatic N) is 2. The van der Waals surface area contributed by atoms with Crippen molar-refractivity contribution in [1.82, 2.24) is 9.91 Å². The second-order valence-corrected chi connectivity index (χ2v) is 4.45. The largest absolute Gasteiger partial charge is 0.418 e. The molecule has 1 aromatic rings. The van der Waals surface area contributed by atoms with E-state index in [0.29, 0.717) is 13.1 Å². The molecule has 1 aliphatic rings. The maximum absolute atomic E-state index is 12.8. The number of halogens is 3. The van der Waals surface area contributed by atoms with Crippen molar-refractivity contribution in [3.63, 3.8) is 0 Å². The number of piperazine rings is 1. The average molecular weight is 259 g/mol. The van der Waals surface area contributed by atoms with Crippen LogP contribution in [0.5, 0.6) is 0 Å². The highest BCUT2D eigenvalue weighted by Crippen LogP contribution is 2.34. The van der Waals surface area contributed by atoms with Crippen molar-refractivity contribution in [2.24, 2.45) is 0 Å². The Labute approximate surface area is 104 Å². The van der Waals surface area contributed by atoms with Crippen LogP contribution in [0.3, 0.4) is 0 Å². The molecule has 1 N–H and O–H groups in total. The first-order chi connectivity index (χ1) is 8.47. The Balaban J connectivity index is 2.10. The minimum absolute atomic E-state index is 0.120. The summed E-state index contributed by atoms with van der Waals surface area (Å²) >= 11 is 0. The van der Waals surface area contributed by atoms with E-state index in [9.17, 15) is 13.2 Å². The Morgan fingerprint density at radius 1 is 1.06 bits per heavy atom. The minimum Gasteiger partial charge on any atom is -0.318 e. The van der Waals surface area contributed by atoms with Crippen molar-refractivity contribution in [1.29, 1.82) is 0 Å². The van der Waals surface area contributed by atoms with E-state index in [2.05, 4.69) is 10.3 Å². The third-order valence-electron chi connectivity index (χ3n) is 3.01. The lowest BCUT2D eigenvalue weighted by molar-refractivity contribution is -0.137. The van der Waals surface area contributed by atoms with Crippen LogP contribution in [0, 0.1) is 0 Å². The van der Waals surface area contributed by atoms with E-state index in [4.69, 9.17) is 0 Å². The molecular formula is C12H16F3N3. The van der Waals surface area contributed by atoms with Gasteiger partial charge >= 0.3 is 6.18 Å². The Morgan fingerprint density at radius 3 is 2.28 bits per heavy atom. The van der Waals surface area contributed by atoms with Gasteiger partial charge in [-0.3, -0.25) is 0 Å². The van der Waals surface area contributed by atoms with Gasteiger partial charge in [0.1, 0.15) is 0 Å². The summed E-state index contributed by atoms with van der Waals surface area (Å²) in [6, 6.07) is 5.56. The minimum atomic E-state index is -4.32. The lowest BCUT2D eigenvalue weighted by Crippen LogP contribution is -2.47. The molecule has 0 amide bonds. The van der Waals surface area contributed by atoms with Crippen LogP contribution in [0.25, 0.3) is 0 Å². The lowest BCUT2D eigenvalue weighted by Gasteiger charge is -2.33. The first-order valence-electron chi connectivity index (χ1n) is 5.83. The first-order valence-corrected chi connectivity index (χ1v) is 5.83. The number of hydrogen-bond acceptors (Lipinski definition) is 3. The molecule has 0 atom stereocenters. The highest BCUT2D eigenvalue weighted by molar-refractivity contribution is 5.51. The van der Waals surface area contributed by atoms with Crippen LogP contribution in [0.15, 0.2) is 24.3 Å². The molecule has 0 saturated carbocycles. The zero-order valence-corrected chi connectivity index (χ0v) is 10.2. The fourth-order valence-corrected chi connectivity index (χ4v) is 1.92. The van der Waals surface area contributed by atoms with Gasteiger partial charge in [-0.2, -0.15) is 13.2 Å². The molecule has 1 aromatic carbocycles. The van der Waals surface area contributed by atoms with Crippen molar-refractivity contribution in [3.05, 3.63) is 29.8 Å². The summed E-state index contributed by atoms with van der Waals surface area (Å²) in [5.41, 5.74) is 2.36. The Morgan fingerprint density at radius 2 is 1.67 bits per heavy atom. The van der Waals surface area contributed by atoms with Crippen molar-refractivity contribution in [3.8, 4) is 0 Å². The van der Waals surface area contributed by atoms with Crippen LogP contribution in [-0.2, 0) is 6.18 Å². The predicted molar refractivity (Wildman–Crippen MR) is 64.1 cm³/mol. The summed E-state index contributed by atoms with van der Waals surface area (Å²) in [6.07, 6.45) is -4.32. The van der Waals surface area contributed by atoms with E-state index in [-0.39, 0.29) is 5.69 Å². The van der Waals surface area contributed by atoms with Gasteiger partial charge in [-0.1, -0.05) is 12.1 Å². The number of alkyl halides is 3. The predicted octanol–water partition coefficient (Wildman–Crippen LogP) is 2.28. The zero-order chi connectivity index (χ0) is 13.2. The van der Waals surface area contributed by atoms with Gasteiger partial charge in [-0.05, 0) is 19.2 Å². The van der Waals surface area contributed by atoms with Gasteiger partial charge in [-0.15, -0.1) is 0 Å². The number of anilines is 1. The molecular weight excluding hydrogens is 243 g/mol. The molecule has 100 valence electrons. The van der Waals surface area contributed by atoms with Crippen molar-refractivity contribution in [2.45, 2.75) is 6.18 Å². The molecule has 0 aliphatic carbocycles. The zero-order valence-electron chi connectivity index (χ0n) is 10.2. The smallest absolute Gasteiger partial charge is 0.318 e. The summed E-state index contributed by atoms with van der Waals surface area (Å²) in [5.74, 6) is 0. The van der Waals surface area contributed by atoms with Gasteiger partial charge in [0.25, 0.3) is 0 Å². The van der Waals surface area contributed by atoms with Gasteiger partial charge in [0, 0.05) is 26.2 Å². The van der Waals surface area contributed by atoms with Crippen LogP contribution >= 0.6 is 0 Å². The number of rotatable bonds is 2. The lowest BCUT2D eigenvalue weighted by atomic mass is 10.2. The van der Waals surface area contributed by atoms with Crippen molar-refractivity contribution >= 4 is 5.69 Å². The number of hydrazine groups is 1. The fraction of sp³-hybridized carbons (Fsp3) is 0.500. The van der Waals surface area contributed by atoms with E-state index in [1.54, 1.807) is 6.07 Å². The third-order valence-corrected chi connectivity index (χ3v) is 3.01. The molecule has 6 heteroatoms. The van der Waals surface area contributed by atoms with Gasteiger partial charge in [0.15, 0.2) is 0 Å². The van der Waals surface area contributed by atoms with Crippen molar-refractivity contribution in [2.75, 3.05) is 38.7 Å². The van der Waals surface area contributed by atoms with Gasteiger partial charge in [-0.25, -0.2) is 5.01 Å². The number of hydrogen-bond donors (Lipinski definition) is 1. The van der Waals surface area contributed by atoms with E-state index < -0.39 is 11.7 Å². The van der Waals surface area contributed by atoms with Crippen LogP contribution in [-0.4, -0.2) is 43.1 Å². The molecule has 1 saturated heterocycles. The van der Waals surface area contributed by atoms with Crippen molar-refractivity contribution < 1.29 is 13.2 Å². The van der Waals surface area contributed by atoms with E-state index in [1.807, 2.05) is 12.1 Å². The average Bonchev–Trinajstić information content (AvgIpc) is 2.31. The quantitative estimate of drug-likeness (QED) is 0.879. The van der Waals surface area contributed by atoms with Crippen LogP contribution in [0.1, 0.15) is 5.56 Å². The molecule has 1 aliphatic heterocycles. The summed E-state index contributed by atoms with van der Waals surface area (Å²) < 4.78 is 38.4. The fourth-order valence-electron chi connectivity index (χ4n) is 1.92. The molecule has 0 bridgehead atoms. The Kier molecular flexibility index (Phi) is 3.77. The highest BCUT2D eigenvalue weighted by atomic mass is 19.4. The molecule has 1 fully saturated rings. The van der Waals surface area contributed by atoms with Gasteiger partial charge < -0.3 is 10.3 Å². The monoisotopic (exact) mass is 259 g/mol. The maximum atomic E-state index is 12.8. The molecule has 3 nitrogen and oxygen atoms in total. The summed E-state index contributed by atoms with van der Waals surface area (Å²) in [4.78, 5) is 2.15. The summed E-state index contributed by atoms with van der Waals surface area (Å²) in [7, 11) is 2.00. The molecule has 0 spiro atoms. The van der Waals surface area contributed by atoms with E-state index in [0.717, 1.165) is 19.2 Å². The van der Waals surface area contributed by atoms with Gasteiger partial charge in [0.2, 0.25) is 0 Å². The van der Waals surface area contributed by atoms with E-state index in [1.165, 1.54) is 12.1 Å². The standard InChI is InChI=1S/C12H16F3N3/c1-17-6-8-18(9-7-17)16-11-5-3-2-4-10(11)12(13,14)15/h2-5,16H,6-9H2,1H3. The molecule has 0 unspecified atom stereocenters. The first kappa shape index (κ1) is 13.2. The highest BCUT2D eigenvalue weighted by Gasteiger charge is 2.33. The summed E-state index contributed by atoms with van der Waals surface area (Å²) in [5, 5.41) is 1.82. The van der Waals surface area contributed by atoms with Crippen LogP contribution in [0.2, 0.25) is 0 Å². The molecule has 2 rings (SSSR count). The number of benzene rings is 1. The Bertz CT molecular complexity index is 398. The SMILES string of the molecule is CN1CCN(Nc2ccccc2C(F)(F)F)CC1. The topological polar surface area (TPSA) is 18.5 Å². The van der Waals surface area contributed by atoms with Crippen LogP contribution < -0.4 is 5.43 Å². The number of likely N-dealkylation sites (N-methyl/N-ethyl adjacent to an activating group) is 1. The Hall–Kier alpha value is -1.27. The normalized spacial score (nSPS) is 18.9. The number of para-hydroxylation sites is 1. The second kappa shape index (κ2) is 5.16. The van der Waals surface area contributed by atoms with Gasteiger partial charge in [0.05, 0.1) is 11.3 Å².